The van der Waals surface area contributed by atoms with Crippen LogP contribution in [0.2, 0.25) is 0 Å². The molecule has 0 spiro atoms. The van der Waals surface area contributed by atoms with Gasteiger partial charge in [0.2, 0.25) is 12.3 Å². The minimum atomic E-state index is -0.250. The van der Waals surface area contributed by atoms with E-state index in [4.69, 9.17) is 9.90 Å². The van der Waals surface area contributed by atoms with E-state index in [2.05, 4.69) is 80.8 Å². The molecule has 0 radical (unpaired) electrons. The number of carboxylic acid groups (broad SMARTS) is 1. The molecule has 0 saturated heterocycles. The highest BCUT2D eigenvalue weighted by Gasteiger charge is 2.34. The number of rotatable bonds is 7. The molecule has 0 saturated carbocycles. The highest BCUT2D eigenvalue weighted by atomic mass is 16.3. The highest BCUT2D eigenvalue weighted by Crippen LogP contribution is 2.48. The SMILES string of the molecule is CCCCCNC(=O)CNC=O.Cc1ccc2c(c1)-c1ccccc1C2(C)C.O=CO. The predicted octanol–water partition coefficient (Wildman–Crippen LogP) is 4.04. The second-order valence-corrected chi connectivity index (χ2v) is 7.88. The molecular formula is C25H34N2O4. The minimum Gasteiger partial charge on any atom is -0.483 e. The number of benzene rings is 2. The average molecular weight is 427 g/mol. The zero-order valence-corrected chi connectivity index (χ0v) is 18.9. The fourth-order valence-electron chi connectivity index (χ4n) is 3.63. The Kier molecular flexibility index (Phi) is 11.0. The topological polar surface area (TPSA) is 95.5 Å². The van der Waals surface area contributed by atoms with Crippen molar-refractivity contribution >= 4 is 18.8 Å². The van der Waals surface area contributed by atoms with Crippen molar-refractivity contribution in [2.24, 2.45) is 0 Å². The van der Waals surface area contributed by atoms with Gasteiger partial charge in [0.15, 0.2) is 0 Å². The molecule has 3 N–H and O–H groups in total. The summed E-state index contributed by atoms with van der Waals surface area (Å²) in [6, 6.07) is 15.6. The van der Waals surface area contributed by atoms with E-state index < -0.39 is 0 Å². The lowest BCUT2D eigenvalue weighted by molar-refractivity contribution is -0.123. The Morgan fingerprint density at radius 3 is 2.32 bits per heavy atom. The molecule has 3 rings (SSSR count). The molecule has 0 heterocycles. The van der Waals surface area contributed by atoms with E-state index >= 15 is 0 Å². The lowest BCUT2D eigenvalue weighted by Gasteiger charge is -2.21. The molecule has 0 aromatic heterocycles. The van der Waals surface area contributed by atoms with Crippen molar-refractivity contribution in [3.8, 4) is 11.1 Å². The quantitative estimate of drug-likeness (QED) is 0.460. The first-order valence-electron chi connectivity index (χ1n) is 10.6. The van der Waals surface area contributed by atoms with Gasteiger partial charge in [-0.05, 0) is 35.6 Å². The number of unbranched alkanes of at least 4 members (excludes halogenated alkanes) is 2. The van der Waals surface area contributed by atoms with E-state index in [-0.39, 0.29) is 24.3 Å². The van der Waals surface area contributed by atoms with Crippen LogP contribution in [0.15, 0.2) is 42.5 Å². The fraction of sp³-hybridized carbons (Fsp3) is 0.400. The van der Waals surface area contributed by atoms with E-state index in [1.54, 1.807) is 0 Å². The van der Waals surface area contributed by atoms with Crippen LogP contribution in [0.1, 0.15) is 56.7 Å². The van der Waals surface area contributed by atoms with Gasteiger partial charge in [0.05, 0.1) is 6.54 Å². The van der Waals surface area contributed by atoms with Gasteiger partial charge in [-0.2, -0.15) is 0 Å². The number of nitrogens with one attached hydrogen (secondary N) is 2. The predicted molar refractivity (Wildman–Crippen MR) is 124 cm³/mol. The first-order valence-corrected chi connectivity index (χ1v) is 10.6. The molecule has 31 heavy (non-hydrogen) atoms. The number of aryl methyl sites for hydroxylation is 1. The second kappa shape index (κ2) is 13.2. The van der Waals surface area contributed by atoms with E-state index in [1.807, 2.05) is 0 Å². The van der Waals surface area contributed by atoms with Crippen molar-refractivity contribution in [2.45, 2.75) is 52.4 Å². The molecule has 0 unspecified atom stereocenters. The number of amides is 2. The van der Waals surface area contributed by atoms with E-state index in [0.717, 1.165) is 19.3 Å². The second-order valence-electron chi connectivity index (χ2n) is 7.88. The van der Waals surface area contributed by atoms with Gasteiger partial charge in [0.1, 0.15) is 0 Å². The zero-order valence-electron chi connectivity index (χ0n) is 18.9. The third-order valence-electron chi connectivity index (χ3n) is 5.19. The van der Waals surface area contributed by atoms with Crippen molar-refractivity contribution < 1.29 is 19.5 Å². The molecule has 1 aliphatic carbocycles. The van der Waals surface area contributed by atoms with Gasteiger partial charge >= 0.3 is 0 Å². The van der Waals surface area contributed by atoms with Crippen LogP contribution in [-0.2, 0) is 19.8 Å². The van der Waals surface area contributed by atoms with Crippen LogP contribution in [0, 0.1) is 6.92 Å². The summed E-state index contributed by atoms with van der Waals surface area (Å²) in [6.45, 7) is 9.42. The normalized spacial score (nSPS) is 12.0. The molecule has 0 bridgehead atoms. The maximum absolute atomic E-state index is 10.8. The number of hydrogen-bond donors (Lipinski definition) is 3. The minimum absolute atomic E-state index is 0.0790. The summed E-state index contributed by atoms with van der Waals surface area (Å²) < 4.78 is 0. The maximum atomic E-state index is 10.8. The average Bonchev–Trinajstić information content (AvgIpc) is 2.98. The van der Waals surface area contributed by atoms with E-state index in [1.165, 1.54) is 27.8 Å². The Hall–Kier alpha value is -3.15. The number of carbonyl (C=O) groups excluding carboxylic acids is 2. The summed E-state index contributed by atoms with van der Waals surface area (Å²) in [5, 5.41) is 11.9. The van der Waals surface area contributed by atoms with Crippen LogP contribution in [0.5, 0.6) is 0 Å². The highest BCUT2D eigenvalue weighted by molar-refractivity contribution is 5.81. The van der Waals surface area contributed by atoms with Crippen molar-refractivity contribution in [3.05, 3.63) is 59.2 Å². The summed E-state index contributed by atoms with van der Waals surface area (Å²) in [5.74, 6) is -0.127. The van der Waals surface area contributed by atoms with Crippen LogP contribution in [0.4, 0.5) is 0 Å². The first kappa shape index (κ1) is 25.9. The van der Waals surface area contributed by atoms with Gasteiger partial charge in [0.25, 0.3) is 6.47 Å². The Morgan fingerprint density at radius 2 is 1.68 bits per heavy atom. The van der Waals surface area contributed by atoms with Crippen molar-refractivity contribution in [3.63, 3.8) is 0 Å². The van der Waals surface area contributed by atoms with Gasteiger partial charge in [-0.3, -0.25) is 14.4 Å². The van der Waals surface area contributed by atoms with Gasteiger partial charge < -0.3 is 15.7 Å². The van der Waals surface area contributed by atoms with Crippen molar-refractivity contribution in [1.29, 1.82) is 0 Å². The monoisotopic (exact) mass is 426 g/mol. The third kappa shape index (κ3) is 7.55. The Bertz CT molecular complexity index is 862. The molecule has 0 atom stereocenters. The van der Waals surface area contributed by atoms with Gasteiger partial charge in [0, 0.05) is 12.0 Å². The first-order chi connectivity index (χ1) is 14.8. The van der Waals surface area contributed by atoms with Crippen molar-refractivity contribution in [2.75, 3.05) is 13.1 Å². The van der Waals surface area contributed by atoms with Crippen LogP contribution in [0.3, 0.4) is 0 Å². The molecule has 0 fully saturated rings. The molecule has 6 heteroatoms. The smallest absolute Gasteiger partial charge is 0.290 e. The lowest BCUT2D eigenvalue weighted by Crippen LogP contribution is -2.33. The van der Waals surface area contributed by atoms with Crippen LogP contribution >= 0.6 is 0 Å². The molecule has 2 amide bonds. The molecule has 2 aromatic carbocycles. The van der Waals surface area contributed by atoms with Gasteiger partial charge in [-0.1, -0.05) is 81.6 Å². The molecule has 168 valence electrons. The van der Waals surface area contributed by atoms with Gasteiger partial charge in [-0.15, -0.1) is 0 Å². The van der Waals surface area contributed by atoms with E-state index in [9.17, 15) is 9.59 Å². The Labute approximate surface area is 185 Å². The summed E-state index contributed by atoms with van der Waals surface area (Å²) in [4.78, 5) is 29.0. The molecule has 1 aliphatic rings. The third-order valence-corrected chi connectivity index (χ3v) is 5.19. The van der Waals surface area contributed by atoms with Crippen LogP contribution < -0.4 is 10.6 Å². The summed E-state index contributed by atoms with van der Waals surface area (Å²) in [6.07, 6.45) is 3.79. The van der Waals surface area contributed by atoms with E-state index in [0.29, 0.717) is 13.0 Å². The number of carbonyl (C=O) groups is 3. The molecular weight excluding hydrogens is 392 g/mol. The zero-order chi connectivity index (χ0) is 23.3. The lowest BCUT2D eigenvalue weighted by atomic mass is 9.82. The Morgan fingerprint density at radius 1 is 1.03 bits per heavy atom. The summed E-state index contributed by atoms with van der Waals surface area (Å²) in [5.41, 5.74) is 7.23. The number of hydrogen-bond acceptors (Lipinski definition) is 3. The number of fused-ring (bicyclic) bond motifs is 3. The summed E-state index contributed by atoms with van der Waals surface area (Å²) in [7, 11) is 0. The van der Waals surface area contributed by atoms with Crippen LogP contribution in [0.25, 0.3) is 11.1 Å². The maximum Gasteiger partial charge on any atom is 0.290 e. The van der Waals surface area contributed by atoms with Crippen molar-refractivity contribution in [1.82, 2.24) is 10.6 Å². The molecule has 0 aliphatic heterocycles. The molecule has 6 nitrogen and oxygen atoms in total. The van der Waals surface area contributed by atoms with Crippen LogP contribution in [-0.4, -0.2) is 37.0 Å². The fourth-order valence-corrected chi connectivity index (χ4v) is 3.63. The standard InChI is InChI=1S/C16H16.C8H16N2O2.CH2O2/c1-11-8-9-15-13(10-11)12-6-4-5-7-14(12)16(15,2)3;1-2-3-4-5-10-8(12)6-9-7-11;2-1-3/h4-10H,1-3H3;7H,2-6H2,1H3,(H,9,11)(H,10,12);1H,(H,2,3). The van der Waals surface area contributed by atoms with Gasteiger partial charge in [-0.25, -0.2) is 0 Å². The largest absolute Gasteiger partial charge is 0.483 e. The molecule has 2 aromatic rings. The summed E-state index contributed by atoms with van der Waals surface area (Å²) >= 11 is 0. The Balaban J connectivity index is 0.000000287.